The number of ether oxygens (including phenoxy) is 1. The van der Waals surface area contributed by atoms with E-state index in [9.17, 15) is 14.7 Å². The summed E-state index contributed by atoms with van der Waals surface area (Å²) in [6.45, 7) is 2.00. The highest BCUT2D eigenvalue weighted by molar-refractivity contribution is 7.99. The fourth-order valence-electron chi connectivity index (χ4n) is 3.35. The second kappa shape index (κ2) is 6.05. The van der Waals surface area contributed by atoms with Crippen LogP contribution in [-0.4, -0.2) is 49.6 Å². The van der Waals surface area contributed by atoms with Gasteiger partial charge in [-0.05, 0) is 19.3 Å². The number of hydrogen-bond donors (Lipinski definition) is 3. The molecule has 0 radical (unpaired) electrons. The molecule has 22 heavy (non-hydrogen) atoms. The maximum absolute atomic E-state index is 12.0. The van der Waals surface area contributed by atoms with Crippen LogP contribution < -0.4 is 5.73 Å². The molecule has 2 aliphatic rings. The number of carboxylic acids is 1. The lowest BCUT2D eigenvalue weighted by molar-refractivity contribution is -0.147. The SMILES string of the molecule is CCOC(=O)[C@H]1[C@H]2[C@@H]1[C@](N)(C(=O)O)C[C@@H]2Sc1ncn[nH]1.Cl. The maximum Gasteiger partial charge on any atom is 0.324 e. The molecule has 0 amide bonds. The van der Waals surface area contributed by atoms with Gasteiger partial charge in [-0.25, -0.2) is 4.98 Å². The highest BCUT2D eigenvalue weighted by Gasteiger charge is 2.74. The van der Waals surface area contributed by atoms with Crippen LogP contribution >= 0.6 is 24.2 Å². The average Bonchev–Trinajstić information content (AvgIpc) is 2.85. The van der Waals surface area contributed by atoms with Crippen molar-refractivity contribution in [2.75, 3.05) is 6.61 Å². The van der Waals surface area contributed by atoms with Crippen LogP contribution in [0.25, 0.3) is 0 Å². The molecule has 0 unspecified atom stereocenters. The number of hydrogen-bond acceptors (Lipinski definition) is 7. The Morgan fingerprint density at radius 1 is 1.64 bits per heavy atom. The standard InChI is InChI=1S/C12H16N4O4S.ClH/c1-2-20-9(17)7-6-5(21-11-14-4-15-16-11)3-12(13,8(6)7)10(18)19;/h4-8H,2-3,13H2,1H3,(H,18,19)(H,14,15,16);1H/t5-,6-,7-,8-,12-;/m0./s1. The largest absolute Gasteiger partial charge is 0.480 e. The lowest BCUT2D eigenvalue weighted by Gasteiger charge is -2.24. The van der Waals surface area contributed by atoms with Crippen LogP contribution in [0.15, 0.2) is 11.5 Å². The molecule has 2 fully saturated rings. The van der Waals surface area contributed by atoms with Crippen molar-refractivity contribution in [1.29, 1.82) is 0 Å². The van der Waals surface area contributed by atoms with E-state index in [1.807, 2.05) is 0 Å². The molecule has 0 aromatic carbocycles. The number of aromatic amines is 1. The maximum atomic E-state index is 12.0. The zero-order valence-corrected chi connectivity index (χ0v) is 13.4. The van der Waals surface area contributed by atoms with Crippen LogP contribution in [0.5, 0.6) is 0 Å². The van der Waals surface area contributed by atoms with E-state index in [4.69, 9.17) is 10.5 Å². The molecule has 0 bridgehead atoms. The Morgan fingerprint density at radius 2 is 2.36 bits per heavy atom. The number of nitrogens with one attached hydrogen (secondary N) is 1. The first-order valence-corrected chi connectivity index (χ1v) is 7.58. The number of H-pyrrole nitrogens is 1. The lowest BCUT2D eigenvalue weighted by Crippen LogP contribution is -2.50. The minimum absolute atomic E-state index is 0. The Morgan fingerprint density at radius 3 is 2.91 bits per heavy atom. The van der Waals surface area contributed by atoms with Gasteiger partial charge in [0.05, 0.1) is 12.5 Å². The fourth-order valence-corrected chi connectivity index (χ4v) is 4.71. The summed E-state index contributed by atoms with van der Waals surface area (Å²) >= 11 is 1.39. The molecule has 2 saturated carbocycles. The van der Waals surface area contributed by atoms with Crippen molar-refractivity contribution in [2.24, 2.45) is 23.5 Å². The Labute approximate surface area is 137 Å². The number of aromatic nitrogens is 3. The van der Waals surface area contributed by atoms with Crippen molar-refractivity contribution in [3.63, 3.8) is 0 Å². The number of thioether (sulfide) groups is 1. The third-order valence-electron chi connectivity index (χ3n) is 4.25. The van der Waals surface area contributed by atoms with Gasteiger partial charge in [0.2, 0.25) is 0 Å². The third-order valence-corrected chi connectivity index (χ3v) is 5.45. The van der Waals surface area contributed by atoms with Crippen molar-refractivity contribution < 1.29 is 19.4 Å². The predicted octanol–water partition coefficient (Wildman–Crippen LogP) is 0.298. The molecule has 5 atom stereocenters. The van der Waals surface area contributed by atoms with Crippen LogP contribution in [0, 0.1) is 17.8 Å². The van der Waals surface area contributed by atoms with E-state index in [-0.39, 0.29) is 42.1 Å². The van der Waals surface area contributed by atoms with Gasteiger partial charge in [0, 0.05) is 11.2 Å². The molecule has 1 heterocycles. The number of nitrogens with zero attached hydrogens (tertiary/aromatic N) is 2. The summed E-state index contributed by atoms with van der Waals surface area (Å²) in [6, 6.07) is 0. The van der Waals surface area contributed by atoms with Gasteiger partial charge in [0.15, 0.2) is 5.16 Å². The average molecular weight is 349 g/mol. The van der Waals surface area contributed by atoms with E-state index < -0.39 is 17.4 Å². The number of fused-ring (bicyclic) bond motifs is 1. The van der Waals surface area contributed by atoms with Gasteiger partial charge >= 0.3 is 11.9 Å². The summed E-state index contributed by atoms with van der Waals surface area (Å²) < 4.78 is 5.03. The van der Waals surface area contributed by atoms with Gasteiger partial charge in [0.1, 0.15) is 11.9 Å². The van der Waals surface area contributed by atoms with Gasteiger partial charge in [-0.15, -0.1) is 12.4 Å². The Balaban J connectivity index is 0.00000176. The van der Waals surface area contributed by atoms with E-state index >= 15 is 0 Å². The summed E-state index contributed by atoms with van der Waals surface area (Å²) in [5.41, 5.74) is 4.69. The first-order chi connectivity index (χ1) is 9.99. The molecule has 0 saturated heterocycles. The van der Waals surface area contributed by atoms with E-state index in [1.165, 1.54) is 18.1 Å². The minimum atomic E-state index is -1.38. The summed E-state index contributed by atoms with van der Waals surface area (Å²) in [5.74, 6) is -2.30. The van der Waals surface area contributed by atoms with Crippen molar-refractivity contribution >= 4 is 36.1 Å². The topological polar surface area (TPSA) is 131 Å². The van der Waals surface area contributed by atoms with Crippen LogP contribution in [0.1, 0.15) is 13.3 Å². The van der Waals surface area contributed by atoms with Gasteiger partial charge in [-0.2, -0.15) is 5.10 Å². The second-order valence-electron chi connectivity index (χ2n) is 5.38. The molecule has 4 N–H and O–H groups in total. The van der Waals surface area contributed by atoms with Gasteiger partial charge < -0.3 is 15.6 Å². The van der Waals surface area contributed by atoms with Gasteiger partial charge in [-0.3, -0.25) is 14.7 Å². The van der Waals surface area contributed by atoms with Crippen LogP contribution in [0.3, 0.4) is 0 Å². The summed E-state index contributed by atoms with van der Waals surface area (Å²) in [6.07, 6.45) is 1.69. The monoisotopic (exact) mass is 348 g/mol. The number of carbonyl (C=O) groups excluding carboxylic acids is 1. The van der Waals surface area contributed by atoms with E-state index in [2.05, 4.69) is 15.2 Å². The molecule has 1 aromatic rings. The molecular weight excluding hydrogens is 332 g/mol. The number of carboxylic acid groups (broad SMARTS) is 1. The van der Waals surface area contributed by atoms with E-state index in [1.54, 1.807) is 6.92 Å². The molecule has 0 aliphatic heterocycles. The number of halogens is 1. The van der Waals surface area contributed by atoms with Crippen molar-refractivity contribution in [3.8, 4) is 0 Å². The van der Waals surface area contributed by atoms with E-state index in [0.717, 1.165) is 0 Å². The number of nitrogens with two attached hydrogens (primary N) is 1. The molecule has 8 nitrogen and oxygen atoms in total. The Kier molecular flexibility index (Phi) is 4.69. The van der Waals surface area contributed by atoms with Crippen LogP contribution in [0.2, 0.25) is 0 Å². The normalized spacial score (nSPS) is 35.4. The highest BCUT2D eigenvalue weighted by Crippen LogP contribution is 2.65. The minimum Gasteiger partial charge on any atom is -0.480 e. The number of carbonyl (C=O) groups is 2. The Bertz CT molecular complexity index is 571. The second-order valence-corrected chi connectivity index (χ2v) is 6.61. The fraction of sp³-hybridized carbons (Fsp3) is 0.667. The summed E-state index contributed by atoms with van der Waals surface area (Å²) in [7, 11) is 0. The molecule has 2 aliphatic carbocycles. The molecular formula is C12H17ClN4O4S. The quantitative estimate of drug-likeness (QED) is 0.647. The summed E-state index contributed by atoms with van der Waals surface area (Å²) in [5, 5.41) is 16.4. The lowest BCUT2D eigenvalue weighted by atomic mass is 9.91. The van der Waals surface area contributed by atoms with Gasteiger partial charge in [0.25, 0.3) is 0 Å². The third kappa shape index (κ3) is 2.57. The van der Waals surface area contributed by atoms with Gasteiger partial charge in [-0.1, -0.05) is 11.8 Å². The number of aliphatic carboxylic acids is 1. The highest BCUT2D eigenvalue weighted by atomic mass is 35.5. The smallest absolute Gasteiger partial charge is 0.324 e. The summed E-state index contributed by atoms with van der Waals surface area (Å²) in [4.78, 5) is 27.5. The number of esters is 1. The number of rotatable bonds is 5. The van der Waals surface area contributed by atoms with E-state index in [0.29, 0.717) is 11.6 Å². The molecule has 0 spiro atoms. The Hall–Kier alpha value is -1.32. The molecule has 122 valence electrons. The first-order valence-electron chi connectivity index (χ1n) is 6.70. The zero-order chi connectivity index (χ0) is 15.2. The first kappa shape index (κ1) is 17.0. The van der Waals surface area contributed by atoms with Crippen LogP contribution in [0.4, 0.5) is 0 Å². The van der Waals surface area contributed by atoms with Crippen LogP contribution in [-0.2, 0) is 14.3 Å². The molecule has 10 heteroatoms. The van der Waals surface area contributed by atoms with Crippen molar-refractivity contribution in [1.82, 2.24) is 15.2 Å². The van der Waals surface area contributed by atoms with Crippen molar-refractivity contribution in [2.45, 2.75) is 29.3 Å². The predicted molar refractivity (Wildman–Crippen MR) is 79.5 cm³/mol. The molecule has 1 aromatic heterocycles. The van der Waals surface area contributed by atoms with Crippen molar-refractivity contribution in [3.05, 3.63) is 6.33 Å². The molecule has 3 rings (SSSR count). The zero-order valence-electron chi connectivity index (χ0n) is 11.8.